The van der Waals surface area contributed by atoms with Gasteiger partial charge in [-0.05, 0) is 30.7 Å². The van der Waals surface area contributed by atoms with Gasteiger partial charge < -0.3 is 10.2 Å². The number of hydrogen-bond donors (Lipinski definition) is 1. The zero-order valence-electron chi connectivity index (χ0n) is 12.6. The maximum absolute atomic E-state index is 12.3. The molecule has 1 saturated heterocycles. The SMILES string of the molecule is CN(C(=O)Cc1cnn(-c2ccccc2)c1)C1CCNC1.Cl. The molecule has 1 fully saturated rings. The van der Waals surface area contributed by atoms with Crippen LogP contribution in [0.1, 0.15) is 12.0 Å². The highest BCUT2D eigenvalue weighted by atomic mass is 35.5. The van der Waals surface area contributed by atoms with Crippen molar-refractivity contribution in [2.45, 2.75) is 18.9 Å². The largest absolute Gasteiger partial charge is 0.341 e. The lowest BCUT2D eigenvalue weighted by Crippen LogP contribution is -2.39. The third-order valence-corrected chi connectivity index (χ3v) is 3.99. The van der Waals surface area contributed by atoms with E-state index in [9.17, 15) is 4.79 Å². The highest BCUT2D eigenvalue weighted by Gasteiger charge is 2.23. The van der Waals surface area contributed by atoms with Crippen LogP contribution in [0.5, 0.6) is 0 Å². The first-order chi connectivity index (χ1) is 10.2. The van der Waals surface area contributed by atoms with Crippen molar-refractivity contribution in [3.63, 3.8) is 0 Å². The van der Waals surface area contributed by atoms with Gasteiger partial charge in [0.05, 0.1) is 18.3 Å². The van der Waals surface area contributed by atoms with Gasteiger partial charge in [-0.15, -0.1) is 12.4 Å². The van der Waals surface area contributed by atoms with Crippen molar-refractivity contribution in [3.8, 4) is 5.69 Å². The third-order valence-electron chi connectivity index (χ3n) is 3.99. The van der Waals surface area contributed by atoms with Crippen LogP contribution in [-0.4, -0.2) is 46.8 Å². The average molecular weight is 321 g/mol. The molecule has 118 valence electrons. The number of carbonyl (C=O) groups is 1. The van der Waals surface area contributed by atoms with E-state index in [1.807, 2.05) is 48.5 Å². The maximum atomic E-state index is 12.3. The number of aromatic nitrogens is 2. The van der Waals surface area contributed by atoms with Gasteiger partial charge in [-0.25, -0.2) is 4.68 Å². The molecule has 1 aromatic heterocycles. The number of para-hydroxylation sites is 1. The Morgan fingerprint density at radius 1 is 1.41 bits per heavy atom. The smallest absolute Gasteiger partial charge is 0.227 e. The molecule has 1 aliphatic rings. The van der Waals surface area contributed by atoms with Gasteiger partial charge in [0, 0.05) is 25.8 Å². The summed E-state index contributed by atoms with van der Waals surface area (Å²) in [6.07, 6.45) is 5.13. The van der Waals surface area contributed by atoms with E-state index < -0.39 is 0 Å². The van der Waals surface area contributed by atoms with Crippen LogP contribution in [0.3, 0.4) is 0 Å². The maximum Gasteiger partial charge on any atom is 0.227 e. The molecule has 1 amide bonds. The van der Waals surface area contributed by atoms with Gasteiger partial charge in [0.1, 0.15) is 0 Å². The number of halogens is 1. The summed E-state index contributed by atoms with van der Waals surface area (Å²) in [7, 11) is 1.89. The van der Waals surface area contributed by atoms with Gasteiger partial charge in [0.25, 0.3) is 0 Å². The molecule has 5 nitrogen and oxygen atoms in total. The minimum atomic E-state index is 0. The van der Waals surface area contributed by atoms with Crippen LogP contribution in [-0.2, 0) is 11.2 Å². The predicted octanol–water partition coefficient (Wildman–Crippen LogP) is 1.66. The lowest BCUT2D eigenvalue weighted by Gasteiger charge is -2.23. The molecule has 0 spiro atoms. The number of rotatable bonds is 4. The first-order valence-electron chi connectivity index (χ1n) is 7.29. The van der Waals surface area contributed by atoms with Gasteiger partial charge in [-0.2, -0.15) is 5.10 Å². The van der Waals surface area contributed by atoms with Gasteiger partial charge in [0.2, 0.25) is 5.91 Å². The Hall–Kier alpha value is -1.85. The van der Waals surface area contributed by atoms with Crippen molar-refractivity contribution in [2.24, 2.45) is 0 Å². The molecule has 3 rings (SSSR count). The zero-order valence-corrected chi connectivity index (χ0v) is 13.4. The summed E-state index contributed by atoms with van der Waals surface area (Å²) < 4.78 is 1.81. The minimum absolute atomic E-state index is 0. The second-order valence-electron chi connectivity index (χ2n) is 5.46. The molecule has 2 aromatic rings. The van der Waals surface area contributed by atoms with E-state index >= 15 is 0 Å². The summed E-state index contributed by atoms with van der Waals surface area (Å²) in [6.45, 7) is 1.89. The first kappa shape index (κ1) is 16.5. The molecule has 2 heterocycles. The molecule has 6 heteroatoms. The predicted molar refractivity (Wildman–Crippen MR) is 88.6 cm³/mol. The van der Waals surface area contributed by atoms with Crippen molar-refractivity contribution in [1.82, 2.24) is 20.0 Å². The van der Waals surface area contributed by atoms with Crippen molar-refractivity contribution in [2.75, 3.05) is 20.1 Å². The standard InChI is InChI=1S/C16H20N4O.ClH/c1-19(15-7-8-17-11-15)16(21)9-13-10-18-20(12-13)14-5-3-2-4-6-14;/h2-6,10,12,15,17H,7-9,11H2,1H3;1H. The Bertz CT molecular complexity index is 608. The van der Waals surface area contributed by atoms with E-state index in [4.69, 9.17) is 0 Å². The number of hydrogen-bond acceptors (Lipinski definition) is 3. The molecule has 1 unspecified atom stereocenters. The van der Waals surface area contributed by atoms with Crippen LogP contribution in [0.2, 0.25) is 0 Å². The topological polar surface area (TPSA) is 50.2 Å². The normalized spacial score (nSPS) is 17.0. The molecular formula is C16H21ClN4O. The second-order valence-corrected chi connectivity index (χ2v) is 5.46. The molecule has 1 aliphatic heterocycles. The zero-order chi connectivity index (χ0) is 14.7. The van der Waals surface area contributed by atoms with Gasteiger partial charge >= 0.3 is 0 Å². The molecule has 0 aliphatic carbocycles. The number of nitrogens with one attached hydrogen (secondary N) is 1. The Labute approximate surface area is 136 Å². The van der Waals surface area contributed by atoms with E-state index in [-0.39, 0.29) is 18.3 Å². The summed E-state index contributed by atoms with van der Waals surface area (Å²) in [6, 6.07) is 10.2. The van der Waals surface area contributed by atoms with Gasteiger partial charge in [-0.1, -0.05) is 18.2 Å². The fourth-order valence-electron chi connectivity index (χ4n) is 2.65. The Morgan fingerprint density at radius 3 is 2.86 bits per heavy atom. The van der Waals surface area contributed by atoms with Crippen LogP contribution >= 0.6 is 12.4 Å². The van der Waals surface area contributed by atoms with Gasteiger partial charge in [-0.3, -0.25) is 4.79 Å². The second kappa shape index (κ2) is 7.42. The summed E-state index contributed by atoms with van der Waals surface area (Å²) in [4.78, 5) is 14.2. The van der Waals surface area contributed by atoms with E-state index in [1.165, 1.54) is 0 Å². The van der Waals surface area contributed by atoms with Crippen molar-refractivity contribution in [3.05, 3.63) is 48.3 Å². The third kappa shape index (κ3) is 3.67. The lowest BCUT2D eigenvalue weighted by atomic mass is 10.2. The first-order valence-corrected chi connectivity index (χ1v) is 7.29. The molecule has 1 atom stereocenters. The molecular weight excluding hydrogens is 300 g/mol. The summed E-state index contributed by atoms with van der Waals surface area (Å²) in [5.74, 6) is 0.149. The van der Waals surface area contributed by atoms with Crippen LogP contribution in [0.15, 0.2) is 42.7 Å². The number of benzene rings is 1. The highest BCUT2D eigenvalue weighted by molar-refractivity contribution is 5.85. The van der Waals surface area contributed by atoms with Crippen molar-refractivity contribution >= 4 is 18.3 Å². The van der Waals surface area contributed by atoms with Crippen LogP contribution in [0, 0.1) is 0 Å². The number of amides is 1. The summed E-state index contributed by atoms with van der Waals surface area (Å²) in [5, 5.41) is 7.62. The van der Waals surface area contributed by atoms with Gasteiger partial charge in [0.15, 0.2) is 0 Å². The fraction of sp³-hybridized carbons (Fsp3) is 0.375. The average Bonchev–Trinajstić information content (AvgIpc) is 3.19. The molecule has 22 heavy (non-hydrogen) atoms. The molecule has 0 bridgehead atoms. The number of carbonyl (C=O) groups excluding carboxylic acids is 1. The minimum Gasteiger partial charge on any atom is -0.341 e. The highest BCUT2D eigenvalue weighted by Crippen LogP contribution is 2.11. The lowest BCUT2D eigenvalue weighted by molar-refractivity contribution is -0.130. The molecule has 0 saturated carbocycles. The number of likely N-dealkylation sites (N-methyl/N-ethyl adjacent to an activating group) is 1. The van der Waals surface area contributed by atoms with Crippen molar-refractivity contribution < 1.29 is 4.79 Å². The van der Waals surface area contributed by atoms with Crippen LogP contribution < -0.4 is 5.32 Å². The van der Waals surface area contributed by atoms with E-state index in [2.05, 4.69) is 10.4 Å². The monoisotopic (exact) mass is 320 g/mol. The van der Waals surface area contributed by atoms with E-state index in [1.54, 1.807) is 10.9 Å². The van der Waals surface area contributed by atoms with E-state index in [0.29, 0.717) is 12.5 Å². The molecule has 1 aromatic carbocycles. The fourth-order valence-corrected chi connectivity index (χ4v) is 2.65. The molecule has 1 N–H and O–H groups in total. The van der Waals surface area contributed by atoms with E-state index in [0.717, 1.165) is 30.8 Å². The summed E-state index contributed by atoms with van der Waals surface area (Å²) in [5.41, 5.74) is 1.95. The number of nitrogens with zero attached hydrogens (tertiary/aromatic N) is 3. The quantitative estimate of drug-likeness (QED) is 0.932. The Kier molecular flexibility index (Phi) is 5.57. The van der Waals surface area contributed by atoms with Crippen LogP contribution in [0.4, 0.5) is 0 Å². The molecule has 0 radical (unpaired) electrons. The van der Waals surface area contributed by atoms with Crippen LogP contribution in [0.25, 0.3) is 5.69 Å². The van der Waals surface area contributed by atoms with Crippen molar-refractivity contribution in [1.29, 1.82) is 0 Å². The Balaban J connectivity index is 0.00000176. The summed E-state index contributed by atoms with van der Waals surface area (Å²) >= 11 is 0. The Morgan fingerprint density at radius 2 is 2.18 bits per heavy atom.